The largest absolute Gasteiger partial charge is 0.497 e. The second kappa shape index (κ2) is 11.9. The van der Waals surface area contributed by atoms with Crippen LogP contribution in [-0.2, 0) is 9.53 Å². The van der Waals surface area contributed by atoms with Gasteiger partial charge in [0.05, 0.1) is 24.8 Å². The highest BCUT2D eigenvalue weighted by Crippen LogP contribution is 2.27. The zero-order valence-corrected chi connectivity index (χ0v) is 21.7. The molecule has 0 unspecified atom stereocenters. The fourth-order valence-electron chi connectivity index (χ4n) is 4.26. The summed E-state index contributed by atoms with van der Waals surface area (Å²) in [5.74, 6) is 0.302. The van der Waals surface area contributed by atoms with Gasteiger partial charge in [-0.2, -0.15) is 0 Å². The maximum atomic E-state index is 13.3. The number of carbonyl (C=O) groups is 3. The summed E-state index contributed by atoms with van der Waals surface area (Å²) in [5, 5.41) is 2.85. The number of fused-ring (bicyclic) bond motifs is 1. The molecule has 1 aliphatic rings. The molecule has 9 nitrogen and oxygen atoms in total. The number of nitrogens with one attached hydrogen (secondary N) is 1. The minimum absolute atomic E-state index is 0.00435. The summed E-state index contributed by atoms with van der Waals surface area (Å²) in [6.07, 6.45) is -0.252. The van der Waals surface area contributed by atoms with Crippen molar-refractivity contribution in [3.8, 4) is 11.5 Å². The van der Waals surface area contributed by atoms with Gasteiger partial charge in [0.15, 0.2) is 0 Å². The SMILES string of the molecule is COc1cccc(C(=O)Nc2ccc3c(c2)OC[C@H](C)N(C(C)=O)C[C@@H](C)[C@@H](OC)CN(C)C3=O)c1. The first-order chi connectivity index (χ1) is 17.1. The number of amides is 3. The molecule has 2 aromatic carbocycles. The van der Waals surface area contributed by atoms with Gasteiger partial charge in [-0.3, -0.25) is 14.4 Å². The third-order valence-electron chi connectivity index (χ3n) is 6.44. The Morgan fingerprint density at radius 2 is 1.83 bits per heavy atom. The molecule has 0 fully saturated rings. The van der Waals surface area contributed by atoms with E-state index < -0.39 is 0 Å². The Morgan fingerprint density at radius 3 is 2.50 bits per heavy atom. The van der Waals surface area contributed by atoms with E-state index in [1.807, 2.05) is 13.8 Å². The second-order valence-corrected chi connectivity index (χ2v) is 9.17. The molecule has 0 aromatic heterocycles. The van der Waals surface area contributed by atoms with Crippen LogP contribution < -0.4 is 14.8 Å². The first-order valence-electron chi connectivity index (χ1n) is 11.9. The van der Waals surface area contributed by atoms with E-state index in [1.165, 1.54) is 14.0 Å². The number of ether oxygens (including phenoxy) is 3. The van der Waals surface area contributed by atoms with Crippen LogP contribution in [0.15, 0.2) is 42.5 Å². The topological polar surface area (TPSA) is 97.4 Å². The average molecular weight is 498 g/mol. The molecule has 0 aliphatic carbocycles. The molecule has 194 valence electrons. The molecule has 9 heteroatoms. The lowest BCUT2D eigenvalue weighted by atomic mass is 10.0. The number of hydrogen-bond acceptors (Lipinski definition) is 6. The van der Waals surface area contributed by atoms with E-state index in [0.29, 0.717) is 41.4 Å². The van der Waals surface area contributed by atoms with Crippen LogP contribution in [0.5, 0.6) is 11.5 Å². The number of nitrogens with zero attached hydrogens (tertiary/aromatic N) is 2. The highest BCUT2D eigenvalue weighted by molar-refractivity contribution is 6.05. The molecule has 2 aromatic rings. The van der Waals surface area contributed by atoms with Crippen molar-refractivity contribution in [3.63, 3.8) is 0 Å². The summed E-state index contributed by atoms with van der Waals surface area (Å²) in [6, 6.07) is 11.5. The van der Waals surface area contributed by atoms with Crippen LogP contribution in [0.1, 0.15) is 41.5 Å². The number of benzene rings is 2. The lowest BCUT2D eigenvalue weighted by Gasteiger charge is -2.35. The Balaban J connectivity index is 1.93. The third kappa shape index (κ3) is 6.34. The fourth-order valence-corrected chi connectivity index (χ4v) is 4.26. The number of rotatable bonds is 4. The highest BCUT2D eigenvalue weighted by atomic mass is 16.5. The minimum atomic E-state index is -0.321. The van der Waals surface area contributed by atoms with Crippen LogP contribution in [0.4, 0.5) is 5.69 Å². The van der Waals surface area contributed by atoms with Gasteiger partial charge in [0.2, 0.25) is 5.91 Å². The molecule has 3 amide bonds. The van der Waals surface area contributed by atoms with Gasteiger partial charge in [-0.15, -0.1) is 0 Å². The smallest absolute Gasteiger partial charge is 0.257 e. The van der Waals surface area contributed by atoms with Gasteiger partial charge in [0.25, 0.3) is 11.8 Å². The van der Waals surface area contributed by atoms with Crippen molar-refractivity contribution >= 4 is 23.4 Å². The number of anilines is 1. The number of carbonyl (C=O) groups excluding carboxylic acids is 3. The van der Waals surface area contributed by atoms with Gasteiger partial charge < -0.3 is 29.3 Å². The highest BCUT2D eigenvalue weighted by Gasteiger charge is 2.29. The predicted molar refractivity (Wildman–Crippen MR) is 137 cm³/mol. The molecule has 0 bridgehead atoms. The molecule has 36 heavy (non-hydrogen) atoms. The van der Waals surface area contributed by atoms with Gasteiger partial charge in [0.1, 0.15) is 18.1 Å². The van der Waals surface area contributed by atoms with Gasteiger partial charge in [-0.05, 0) is 37.3 Å². The van der Waals surface area contributed by atoms with Crippen molar-refractivity contribution in [1.29, 1.82) is 0 Å². The van der Waals surface area contributed by atoms with Crippen molar-refractivity contribution in [3.05, 3.63) is 53.6 Å². The van der Waals surface area contributed by atoms with Gasteiger partial charge in [-0.25, -0.2) is 0 Å². The molecular formula is C27H35N3O6. The summed E-state index contributed by atoms with van der Waals surface area (Å²) in [6.45, 7) is 6.46. The Bertz CT molecular complexity index is 1100. The molecule has 0 saturated carbocycles. The van der Waals surface area contributed by atoms with E-state index in [-0.39, 0.29) is 42.4 Å². The third-order valence-corrected chi connectivity index (χ3v) is 6.44. The van der Waals surface area contributed by atoms with Crippen molar-refractivity contribution in [1.82, 2.24) is 9.80 Å². The van der Waals surface area contributed by atoms with E-state index >= 15 is 0 Å². The number of likely N-dealkylation sites (N-methyl/N-ethyl adjacent to an activating group) is 1. The minimum Gasteiger partial charge on any atom is -0.497 e. The van der Waals surface area contributed by atoms with Crippen LogP contribution in [0, 0.1) is 5.92 Å². The van der Waals surface area contributed by atoms with E-state index in [2.05, 4.69) is 5.32 Å². The molecule has 0 saturated heterocycles. The molecule has 3 atom stereocenters. The Labute approximate surface area is 212 Å². The average Bonchev–Trinajstić information content (AvgIpc) is 2.87. The Kier molecular flexibility index (Phi) is 8.93. The van der Waals surface area contributed by atoms with Crippen LogP contribution >= 0.6 is 0 Å². The molecule has 1 aliphatic heterocycles. The van der Waals surface area contributed by atoms with Crippen LogP contribution in [0.25, 0.3) is 0 Å². The lowest BCUT2D eigenvalue weighted by Crippen LogP contribution is -2.48. The molecule has 1 heterocycles. The van der Waals surface area contributed by atoms with E-state index in [0.717, 1.165) is 0 Å². The van der Waals surface area contributed by atoms with E-state index in [4.69, 9.17) is 14.2 Å². The zero-order chi connectivity index (χ0) is 26.4. The van der Waals surface area contributed by atoms with Crippen LogP contribution in [0.3, 0.4) is 0 Å². The Morgan fingerprint density at radius 1 is 1.08 bits per heavy atom. The lowest BCUT2D eigenvalue weighted by molar-refractivity contribution is -0.133. The van der Waals surface area contributed by atoms with E-state index in [1.54, 1.807) is 66.4 Å². The fraction of sp³-hybridized carbons (Fsp3) is 0.444. The van der Waals surface area contributed by atoms with Gasteiger partial charge in [0, 0.05) is 57.4 Å². The monoisotopic (exact) mass is 497 g/mol. The predicted octanol–water partition coefficient (Wildman–Crippen LogP) is 3.30. The quantitative estimate of drug-likeness (QED) is 0.696. The summed E-state index contributed by atoms with van der Waals surface area (Å²) in [7, 11) is 4.86. The molecule has 1 N–H and O–H groups in total. The second-order valence-electron chi connectivity index (χ2n) is 9.17. The number of hydrogen-bond donors (Lipinski definition) is 1. The summed E-state index contributed by atoms with van der Waals surface area (Å²) >= 11 is 0. The molecule has 0 spiro atoms. The maximum absolute atomic E-state index is 13.3. The summed E-state index contributed by atoms with van der Waals surface area (Å²) < 4.78 is 17.0. The van der Waals surface area contributed by atoms with Crippen molar-refractivity contribution < 1.29 is 28.6 Å². The molecule has 0 radical (unpaired) electrons. The summed E-state index contributed by atoms with van der Waals surface area (Å²) in [5.41, 5.74) is 1.27. The van der Waals surface area contributed by atoms with Crippen molar-refractivity contribution in [2.75, 3.05) is 46.3 Å². The van der Waals surface area contributed by atoms with Gasteiger partial charge >= 0.3 is 0 Å². The van der Waals surface area contributed by atoms with Crippen LogP contribution in [-0.4, -0.2) is 80.6 Å². The zero-order valence-electron chi connectivity index (χ0n) is 21.7. The normalized spacial score (nSPS) is 20.9. The van der Waals surface area contributed by atoms with E-state index in [9.17, 15) is 14.4 Å². The number of methoxy groups -OCH3 is 2. The maximum Gasteiger partial charge on any atom is 0.257 e. The van der Waals surface area contributed by atoms with Crippen molar-refractivity contribution in [2.24, 2.45) is 5.92 Å². The first-order valence-corrected chi connectivity index (χ1v) is 11.9. The standard InChI is InChI=1S/C27H35N3O6/c1-17-14-30(19(3)31)18(2)16-36-24-13-21(28-26(32)20-8-7-9-22(12-20)34-5)10-11-23(24)27(33)29(4)15-25(17)35-6/h7-13,17-18,25H,14-16H2,1-6H3,(H,28,32)/t17-,18+,25+/m1/s1. The summed E-state index contributed by atoms with van der Waals surface area (Å²) in [4.78, 5) is 41.9. The Hall–Kier alpha value is -3.59. The molecule has 3 rings (SSSR count). The van der Waals surface area contributed by atoms with Gasteiger partial charge in [-0.1, -0.05) is 13.0 Å². The molecular weight excluding hydrogens is 462 g/mol. The van der Waals surface area contributed by atoms with Crippen LogP contribution in [0.2, 0.25) is 0 Å². The van der Waals surface area contributed by atoms with Crippen molar-refractivity contribution in [2.45, 2.75) is 32.9 Å². The first kappa shape index (κ1) is 27.0.